The van der Waals surface area contributed by atoms with Crippen LogP contribution in [-0.4, -0.2) is 37.1 Å². The van der Waals surface area contributed by atoms with Crippen molar-refractivity contribution in [2.45, 2.75) is 18.9 Å². The molecule has 0 aliphatic carbocycles. The Balaban J connectivity index is 2.16. The molecule has 0 saturated heterocycles. The second-order valence-electron chi connectivity index (χ2n) is 5.59. The molecule has 0 radical (unpaired) electrons. The molecular weight excluding hydrogens is 224 g/mol. The summed E-state index contributed by atoms with van der Waals surface area (Å²) in [5.74, 6) is 0. The van der Waals surface area contributed by atoms with E-state index in [1.807, 2.05) is 0 Å². The van der Waals surface area contributed by atoms with E-state index in [1.165, 1.54) is 22.2 Å². The van der Waals surface area contributed by atoms with Gasteiger partial charge in [0.15, 0.2) is 0 Å². The van der Waals surface area contributed by atoms with Crippen LogP contribution in [-0.2, 0) is 16.8 Å². The quantitative estimate of drug-likeness (QED) is 0.879. The highest BCUT2D eigenvalue weighted by atomic mass is 16.5. The van der Waals surface area contributed by atoms with Gasteiger partial charge in [-0.1, -0.05) is 18.2 Å². The zero-order chi connectivity index (χ0) is 12.8. The molecule has 3 rings (SSSR count). The van der Waals surface area contributed by atoms with Gasteiger partial charge in [-0.05, 0) is 39.1 Å². The van der Waals surface area contributed by atoms with Crippen LogP contribution in [0.1, 0.15) is 18.2 Å². The molecule has 2 aromatic rings. The van der Waals surface area contributed by atoms with Crippen molar-refractivity contribution in [2.24, 2.45) is 0 Å². The second-order valence-corrected chi connectivity index (χ2v) is 5.59. The van der Waals surface area contributed by atoms with Gasteiger partial charge in [0.2, 0.25) is 0 Å². The van der Waals surface area contributed by atoms with Crippen molar-refractivity contribution in [2.75, 3.05) is 27.2 Å². The summed E-state index contributed by atoms with van der Waals surface area (Å²) in [6.45, 7) is 3.88. The third-order valence-corrected chi connectivity index (χ3v) is 3.73. The molecule has 96 valence electrons. The lowest BCUT2D eigenvalue weighted by molar-refractivity contribution is -0.0627. The fourth-order valence-corrected chi connectivity index (χ4v) is 3.09. The van der Waals surface area contributed by atoms with Crippen LogP contribution >= 0.6 is 0 Å². The van der Waals surface area contributed by atoms with E-state index in [0.29, 0.717) is 0 Å². The van der Waals surface area contributed by atoms with Crippen LogP contribution in [0.4, 0.5) is 0 Å². The summed E-state index contributed by atoms with van der Waals surface area (Å²) in [4.78, 5) is 5.74. The summed E-state index contributed by atoms with van der Waals surface area (Å²) in [6.07, 6.45) is 1.00. The Kier molecular flexibility index (Phi) is 2.68. The van der Waals surface area contributed by atoms with E-state index in [4.69, 9.17) is 4.74 Å². The number of hydrogen-bond donors (Lipinski definition) is 1. The first-order chi connectivity index (χ1) is 8.60. The maximum Gasteiger partial charge on any atom is 0.118 e. The lowest BCUT2D eigenvalue weighted by Crippen LogP contribution is -2.41. The third-order valence-electron chi connectivity index (χ3n) is 3.73. The predicted octanol–water partition coefficient (Wildman–Crippen LogP) is 2.52. The Morgan fingerprint density at radius 1 is 1.33 bits per heavy atom. The minimum atomic E-state index is -0.226. The number of aromatic amines is 1. The van der Waals surface area contributed by atoms with Crippen LogP contribution in [0.3, 0.4) is 0 Å². The van der Waals surface area contributed by atoms with Crippen molar-refractivity contribution in [3.8, 4) is 0 Å². The maximum atomic E-state index is 6.06. The SMILES string of the molecule is CN(C)CC1(C)OCCc2c1[nH]c1ccccc21. The lowest BCUT2D eigenvalue weighted by Gasteiger charge is -2.36. The summed E-state index contributed by atoms with van der Waals surface area (Å²) < 4.78 is 6.06. The highest BCUT2D eigenvalue weighted by Crippen LogP contribution is 2.36. The first-order valence-corrected chi connectivity index (χ1v) is 6.49. The zero-order valence-corrected chi connectivity index (χ0v) is 11.3. The number of hydrogen-bond acceptors (Lipinski definition) is 2. The number of para-hydroxylation sites is 1. The number of ether oxygens (including phenoxy) is 1. The van der Waals surface area contributed by atoms with Gasteiger partial charge < -0.3 is 14.6 Å². The van der Waals surface area contributed by atoms with Gasteiger partial charge in [-0.15, -0.1) is 0 Å². The van der Waals surface area contributed by atoms with E-state index < -0.39 is 0 Å². The Labute approximate surface area is 108 Å². The van der Waals surface area contributed by atoms with Gasteiger partial charge in [0.05, 0.1) is 12.3 Å². The molecule has 0 saturated carbocycles. The van der Waals surface area contributed by atoms with Crippen LogP contribution in [0.15, 0.2) is 24.3 Å². The molecule has 3 nitrogen and oxygen atoms in total. The average molecular weight is 244 g/mol. The third kappa shape index (κ3) is 1.74. The van der Waals surface area contributed by atoms with Crippen LogP contribution in [0.5, 0.6) is 0 Å². The molecule has 18 heavy (non-hydrogen) atoms. The van der Waals surface area contributed by atoms with Gasteiger partial charge >= 0.3 is 0 Å². The number of likely N-dealkylation sites (N-methyl/N-ethyl adjacent to an activating group) is 1. The molecule has 0 bridgehead atoms. The highest BCUT2D eigenvalue weighted by Gasteiger charge is 2.36. The molecule has 1 aliphatic heterocycles. The summed E-state index contributed by atoms with van der Waals surface area (Å²) in [5, 5.41) is 1.35. The minimum absolute atomic E-state index is 0.226. The monoisotopic (exact) mass is 244 g/mol. The molecule has 0 amide bonds. The fraction of sp³-hybridized carbons (Fsp3) is 0.467. The summed E-state index contributed by atoms with van der Waals surface area (Å²) >= 11 is 0. The van der Waals surface area contributed by atoms with E-state index >= 15 is 0 Å². The Morgan fingerprint density at radius 3 is 2.89 bits per heavy atom. The Bertz CT molecular complexity index is 573. The van der Waals surface area contributed by atoms with E-state index in [9.17, 15) is 0 Å². The fourth-order valence-electron chi connectivity index (χ4n) is 3.09. The summed E-state index contributed by atoms with van der Waals surface area (Å²) in [7, 11) is 4.18. The van der Waals surface area contributed by atoms with Crippen LogP contribution in [0.2, 0.25) is 0 Å². The smallest absolute Gasteiger partial charge is 0.118 e. The van der Waals surface area contributed by atoms with Gasteiger partial charge in [-0.2, -0.15) is 0 Å². The number of H-pyrrole nitrogens is 1. The average Bonchev–Trinajstić information content (AvgIpc) is 2.69. The molecule has 0 spiro atoms. The van der Waals surface area contributed by atoms with Crippen LogP contribution < -0.4 is 0 Å². The van der Waals surface area contributed by atoms with Gasteiger partial charge in [0.25, 0.3) is 0 Å². The van der Waals surface area contributed by atoms with Gasteiger partial charge in [0, 0.05) is 17.4 Å². The molecule has 3 heteroatoms. The van der Waals surface area contributed by atoms with Gasteiger partial charge in [-0.3, -0.25) is 0 Å². The number of nitrogens with one attached hydrogen (secondary N) is 1. The Hall–Kier alpha value is -1.32. The van der Waals surface area contributed by atoms with E-state index in [-0.39, 0.29) is 5.60 Å². The number of aromatic nitrogens is 1. The normalized spacial score (nSPS) is 23.6. The van der Waals surface area contributed by atoms with E-state index in [0.717, 1.165) is 19.6 Å². The minimum Gasteiger partial charge on any atom is -0.367 e. The van der Waals surface area contributed by atoms with Crippen molar-refractivity contribution < 1.29 is 4.74 Å². The van der Waals surface area contributed by atoms with Gasteiger partial charge in [0.1, 0.15) is 5.60 Å². The topological polar surface area (TPSA) is 28.3 Å². The zero-order valence-electron chi connectivity index (χ0n) is 11.3. The van der Waals surface area contributed by atoms with Crippen molar-refractivity contribution in [1.82, 2.24) is 9.88 Å². The predicted molar refractivity (Wildman–Crippen MR) is 73.9 cm³/mol. The molecular formula is C15H20N2O. The van der Waals surface area contributed by atoms with Crippen molar-refractivity contribution in [3.63, 3.8) is 0 Å². The maximum absolute atomic E-state index is 6.06. The largest absolute Gasteiger partial charge is 0.367 e. The highest BCUT2D eigenvalue weighted by molar-refractivity contribution is 5.85. The van der Waals surface area contributed by atoms with Crippen molar-refractivity contribution in [3.05, 3.63) is 35.5 Å². The molecule has 1 atom stereocenters. The molecule has 1 unspecified atom stereocenters. The number of benzene rings is 1. The first-order valence-electron chi connectivity index (χ1n) is 6.49. The molecule has 2 heterocycles. The number of nitrogens with zero attached hydrogens (tertiary/aromatic N) is 1. The second kappa shape index (κ2) is 4.11. The molecule has 0 fully saturated rings. The lowest BCUT2D eigenvalue weighted by atomic mass is 9.92. The number of rotatable bonds is 2. The van der Waals surface area contributed by atoms with Crippen LogP contribution in [0, 0.1) is 0 Å². The molecule has 1 aromatic heterocycles. The summed E-state index contributed by atoms with van der Waals surface area (Å²) in [6, 6.07) is 8.53. The van der Waals surface area contributed by atoms with Gasteiger partial charge in [-0.25, -0.2) is 0 Å². The molecule has 1 aromatic carbocycles. The Morgan fingerprint density at radius 2 is 2.11 bits per heavy atom. The van der Waals surface area contributed by atoms with Crippen molar-refractivity contribution in [1.29, 1.82) is 0 Å². The first kappa shape index (κ1) is 11.8. The summed E-state index contributed by atoms with van der Waals surface area (Å²) in [5.41, 5.74) is 3.68. The van der Waals surface area contributed by atoms with E-state index in [2.05, 4.69) is 55.2 Å². The molecule has 1 aliphatic rings. The molecule has 1 N–H and O–H groups in total. The number of fused-ring (bicyclic) bond motifs is 3. The van der Waals surface area contributed by atoms with Crippen molar-refractivity contribution >= 4 is 10.9 Å². The standard InChI is InChI=1S/C15H20N2O/c1-15(10-17(2)3)14-12(8-9-18-15)11-6-4-5-7-13(11)16-14/h4-7,16H,8-10H2,1-3H3. The van der Waals surface area contributed by atoms with E-state index in [1.54, 1.807) is 0 Å². The van der Waals surface area contributed by atoms with Crippen LogP contribution in [0.25, 0.3) is 10.9 Å².